The highest BCUT2D eigenvalue weighted by molar-refractivity contribution is 5.93. The molecule has 15 heavy (non-hydrogen) atoms. The number of rotatable bonds is 6. The fraction of sp³-hybridized carbons (Fsp3) is 0.455. The molecule has 0 aliphatic carbocycles. The van der Waals surface area contributed by atoms with Crippen molar-refractivity contribution in [2.24, 2.45) is 0 Å². The summed E-state index contributed by atoms with van der Waals surface area (Å²) < 4.78 is 4.79. The molecule has 0 heterocycles. The summed E-state index contributed by atoms with van der Waals surface area (Å²) in [6, 6.07) is 0. The average molecular weight is 211 g/mol. The first-order valence-electron chi connectivity index (χ1n) is 4.87. The van der Waals surface area contributed by atoms with Crippen molar-refractivity contribution in [3.63, 3.8) is 0 Å². The van der Waals surface area contributed by atoms with E-state index in [9.17, 15) is 9.59 Å². The van der Waals surface area contributed by atoms with Gasteiger partial charge in [-0.25, -0.2) is 4.79 Å². The summed E-state index contributed by atoms with van der Waals surface area (Å²) in [5, 5.41) is 2.44. The molecule has 0 fully saturated rings. The van der Waals surface area contributed by atoms with E-state index in [4.69, 9.17) is 4.74 Å². The van der Waals surface area contributed by atoms with Crippen LogP contribution in [0.1, 0.15) is 26.7 Å². The maximum atomic E-state index is 11.3. The molecule has 0 aliphatic heterocycles. The van der Waals surface area contributed by atoms with Gasteiger partial charge in [-0.1, -0.05) is 12.2 Å². The lowest BCUT2D eigenvalue weighted by Gasteiger charge is -2.06. The minimum Gasteiger partial charge on any atom is -0.461 e. The molecule has 1 N–H and O–H groups in total. The Bertz CT molecular complexity index is 269. The SMILES string of the molecule is C=CCC/C=C(\NC(C)=O)C(=O)OCC. The number of carbonyl (C=O) groups is 2. The maximum Gasteiger partial charge on any atom is 0.354 e. The highest BCUT2D eigenvalue weighted by Gasteiger charge is 2.10. The first kappa shape index (κ1) is 13.4. The molecule has 4 heteroatoms. The van der Waals surface area contributed by atoms with Gasteiger partial charge in [-0.15, -0.1) is 6.58 Å². The molecule has 0 saturated heterocycles. The molecule has 0 aliphatic rings. The topological polar surface area (TPSA) is 55.4 Å². The van der Waals surface area contributed by atoms with Crippen molar-refractivity contribution in [2.45, 2.75) is 26.7 Å². The van der Waals surface area contributed by atoms with Crippen LogP contribution in [0.5, 0.6) is 0 Å². The van der Waals surface area contributed by atoms with Crippen molar-refractivity contribution >= 4 is 11.9 Å². The largest absolute Gasteiger partial charge is 0.461 e. The Kier molecular flexibility index (Phi) is 6.97. The smallest absolute Gasteiger partial charge is 0.354 e. The molecular weight excluding hydrogens is 194 g/mol. The maximum absolute atomic E-state index is 11.3. The molecule has 0 spiro atoms. The Morgan fingerprint density at radius 1 is 1.40 bits per heavy atom. The van der Waals surface area contributed by atoms with Crippen LogP contribution in [0.4, 0.5) is 0 Å². The standard InChI is InChI=1S/C11H17NO3/c1-4-6-7-8-10(12-9(3)13)11(14)15-5-2/h4,8H,1,5-7H2,2-3H3,(H,12,13)/b10-8-. The monoisotopic (exact) mass is 211 g/mol. The van der Waals surface area contributed by atoms with Crippen molar-refractivity contribution < 1.29 is 14.3 Å². The number of hydrogen-bond donors (Lipinski definition) is 1. The summed E-state index contributed by atoms with van der Waals surface area (Å²) in [7, 11) is 0. The van der Waals surface area contributed by atoms with Crippen LogP contribution in [0.25, 0.3) is 0 Å². The Morgan fingerprint density at radius 2 is 2.07 bits per heavy atom. The van der Waals surface area contributed by atoms with Gasteiger partial charge in [0.05, 0.1) is 6.61 Å². The van der Waals surface area contributed by atoms with Gasteiger partial charge in [0.2, 0.25) is 5.91 Å². The molecule has 0 aromatic heterocycles. The molecule has 84 valence electrons. The summed E-state index contributed by atoms with van der Waals surface area (Å²) >= 11 is 0. The van der Waals surface area contributed by atoms with Gasteiger partial charge in [-0.3, -0.25) is 4.79 Å². The van der Waals surface area contributed by atoms with E-state index in [1.165, 1.54) is 6.92 Å². The fourth-order valence-corrected chi connectivity index (χ4v) is 0.929. The second kappa shape index (κ2) is 7.79. The van der Waals surface area contributed by atoms with Crippen LogP contribution in [0, 0.1) is 0 Å². The van der Waals surface area contributed by atoms with Crippen molar-refractivity contribution in [3.8, 4) is 0 Å². The van der Waals surface area contributed by atoms with Crippen LogP contribution in [0.3, 0.4) is 0 Å². The van der Waals surface area contributed by atoms with Crippen LogP contribution < -0.4 is 5.32 Å². The van der Waals surface area contributed by atoms with Gasteiger partial charge >= 0.3 is 5.97 Å². The highest BCUT2D eigenvalue weighted by Crippen LogP contribution is 2.00. The summed E-state index contributed by atoms with van der Waals surface area (Å²) in [5.74, 6) is -0.787. The molecule has 0 unspecified atom stereocenters. The highest BCUT2D eigenvalue weighted by atomic mass is 16.5. The lowest BCUT2D eigenvalue weighted by atomic mass is 10.2. The number of amides is 1. The Morgan fingerprint density at radius 3 is 2.53 bits per heavy atom. The number of allylic oxidation sites excluding steroid dienone is 2. The zero-order valence-electron chi connectivity index (χ0n) is 9.21. The van der Waals surface area contributed by atoms with E-state index in [0.29, 0.717) is 6.42 Å². The van der Waals surface area contributed by atoms with Crippen molar-refractivity contribution in [1.29, 1.82) is 0 Å². The van der Waals surface area contributed by atoms with Gasteiger partial charge in [0.1, 0.15) is 5.70 Å². The number of ether oxygens (including phenoxy) is 1. The normalized spacial score (nSPS) is 10.7. The third-order valence-corrected chi connectivity index (χ3v) is 1.53. The second-order valence-corrected chi connectivity index (χ2v) is 2.89. The van der Waals surface area contributed by atoms with Crippen molar-refractivity contribution in [1.82, 2.24) is 5.32 Å². The molecule has 0 saturated carbocycles. The zero-order chi connectivity index (χ0) is 11.7. The molecule has 0 radical (unpaired) electrons. The number of esters is 1. The number of nitrogens with one attached hydrogen (secondary N) is 1. The molecular formula is C11H17NO3. The van der Waals surface area contributed by atoms with E-state index in [-0.39, 0.29) is 18.2 Å². The van der Waals surface area contributed by atoms with Crippen LogP contribution in [0.15, 0.2) is 24.4 Å². The van der Waals surface area contributed by atoms with Crippen molar-refractivity contribution in [2.75, 3.05) is 6.61 Å². The van der Waals surface area contributed by atoms with Crippen LogP contribution in [-0.2, 0) is 14.3 Å². The third kappa shape index (κ3) is 6.49. The molecule has 0 bridgehead atoms. The molecule has 0 atom stereocenters. The van der Waals surface area contributed by atoms with E-state index in [2.05, 4.69) is 11.9 Å². The van der Waals surface area contributed by atoms with Gasteiger partial charge in [0, 0.05) is 6.92 Å². The summed E-state index contributed by atoms with van der Waals surface area (Å²) in [6.45, 7) is 6.92. The third-order valence-electron chi connectivity index (χ3n) is 1.53. The first-order chi connectivity index (χ1) is 7.11. The molecule has 0 rings (SSSR count). The molecule has 4 nitrogen and oxygen atoms in total. The van der Waals surface area contributed by atoms with E-state index >= 15 is 0 Å². The second-order valence-electron chi connectivity index (χ2n) is 2.89. The van der Waals surface area contributed by atoms with E-state index < -0.39 is 5.97 Å². The Hall–Kier alpha value is -1.58. The summed E-state index contributed by atoms with van der Waals surface area (Å²) in [6.07, 6.45) is 4.79. The Labute approximate surface area is 90.0 Å². The van der Waals surface area contributed by atoms with Crippen LogP contribution in [0.2, 0.25) is 0 Å². The Balaban J connectivity index is 4.41. The summed E-state index contributed by atoms with van der Waals surface area (Å²) in [4.78, 5) is 22.2. The quantitative estimate of drug-likeness (QED) is 0.314. The van der Waals surface area contributed by atoms with E-state index in [0.717, 1.165) is 6.42 Å². The van der Waals surface area contributed by atoms with E-state index in [1.54, 1.807) is 19.1 Å². The van der Waals surface area contributed by atoms with Gasteiger partial charge < -0.3 is 10.1 Å². The summed E-state index contributed by atoms with van der Waals surface area (Å²) in [5.41, 5.74) is 0.200. The van der Waals surface area contributed by atoms with Crippen molar-refractivity contribution in [3.05, 3.63) is 24.4 Å². The van der Waals surface area contributed by atoms with E-state index in [1.807, 2.05) is 0 Å². The first-order valence-corrected chi connectivity index (χ1v) is 4.87. The minimum absolute atomic E-state index is 0.200. The molecule has 0 aromatic rings. The minimum atomic E-state index is -0.503. The predicted octanol–water partition coefficient (Wildman–Crippen LogP) is 1.54. The van der Waals surface area contributed by atoms with Gasteiger partial charge in [-0.05, 0) is 19.8 Å². The van der Waals surface area contributed by atoms with Gasteiger partial charge in [-0.2, -0.15) is 0 Å². The molecule has 0 aromatic carbocycles. The molecule has 1 amide bonds. The number of carbonyl (C=O) groups excluding carboxylic acids is 2. The number of hydrogen-bond acceptors (Lipinski definition) is 3. The van der Waals surface area contributed by atoms with Crippen LogP contribution in [-0.4, -0.2) is 18.5 Å². The number of unbranched alkanes of at least 4 members (excludes halogenated alkanes) is 1. The van der Waals surface area contributed by atoms with Gasteiger partial charge in [0.15, 0.2) is 0 Å². The van der Waals surface area contributed by atoms with Gasteiger partial charge in [0.25, 0.3) is 0 Å². The zero-order valence-corrected chi connectivity index (χ0v) is 9.21. The average Bonchev–Trinajstić information content (AvgIpc) is 2.16. The fourth-order valence-electron chi connectivity index (χ4n) is 0.929. The van der Waals surface area contributed by atoms with Crippen LogP contribution >= 0.6 is 0 Å². The lowest BCUT2D eigenvalue weighted by Crippen LogP contribution is -2.26. The lowest BCUT2D eigenvalue weighted by molar-refractivity contribution is -0.140. The predicted molar refractivity (Wildman–Crippen MR) is 58.0 cm³/mol.